The maximum atomic E-state index is 11.7. The molecule has 0 atom stereocenters. The average molecular weight is 252 g/mol. The van der Waals surface area contributed by atoms with E-state index in [-0.39, 0.29) is 5.91 Å². The Morgan fingerprint density at radius 1 is 1.44 bits per heavy atom. The molecule has 2 N–H and O–H groups in total. The fraction of sp³-hybridized carbons (Fsp3) is 0.692. The molecule has 5 nitrogen and oxygen atoms in total. The smallest absolute Gasteiger partial charge is 0.234 e. The lowest BCUT2D eigenvalue weighted by atomic mass is 10.2. The van der Waals surface area contributed by atoms with E-state index >= 15 is 0 Å². The van der Waals surface area contributed by atoms with Gasteiger partial charge in [-0.1, -0.05) is 13.8 Å². The third-order valence-corrected chi connectivity index (χ3v) is 3.29. The summed E-state index contributed by atoms with van der Waals surface area (Å²) in [6, 6.07) is 0.291. The van der Waals surface area contributed by atoms with Crippen molar-refractivity contribution < 1.29 is 4.79 Å². The summed E-state index contributed by atoms with van der Waals surface area (Å²) in [5.41, 5.74) is 2.26. The zero-order chi connectivity index (χ0) is 13.5. The fourth-order valence-electron chi connectivity index (χ4n) is 1.80. The molecule has 5 heteroatoms. The van der Waals surface area contributed by atoms with Crippen LogP contribution < -0.4 is 10.6 Å². The van der Waals surface area contributed by atoms with Crippen LogP contribution in [0.2, 0.25) is 0 Å². The highest BCUT2D eigenvalue weighted by atomic mass is 16.1. The van der Waals surface area contributed by atoms with Crippen molar-refractivity contribution in [3.63, 3.8) is 0 Å². The molecule has 0 saturated carbocycles. The molecule has 0 aromatic carbocycles. The topological polar surface area (TPSA) is 59.0 Å². The first kappa shape index (κ1) is 14.7. The lowest BCUT2D eigenvalue weighted by molar-refractivity contribution is -0.121. The second-order valence-corrected chi connectivity index (χ2v) is 4.56. The molecule has 0 spiro atoms. The number of amides is 1. The Balaban J connectivity index is 2.29. The van der Waals surface area contributed by atoms with E-state index in [1.54, 1.807) is 0 Å². The molecule has 1 amide bonds. The van der Waals surface area contributed by atoms with Gasteiger partial charge in [0.2, 0.25) is 5.91 Å². The van der Waals surface area contributed by atoms with E-state index in [2.05, 4.69) is 29.6 Å². The second-order valence-electron chi connectivity index (χ2n) is 4.56. The van der Waals surface area contributed by atoms with E-state index in [0.29, 0.717) is 19.1 Å². The van der Waals surface area contributed by atoms with Crippen LogP contribution in [0.3, 0.4) is 0 Å². The van der Waals surface area contributed by atoms with E-state index < -0.39 is 0 Å². The van der Waals surface area contributed by atoms with Gasteiger partial charge in [0.15, 0.2) is 0 Å². The molecule has 1 heterocycles. The van der Waals surface area contributed by atoms with Gasteiger partial charge in [0.25, 0.3) is 0 Å². The minimum Gasteiger partial charge on any atom is -0.352 e. The molecule has 18 heavy (non-hydrogen) atoms. The summed E-state index contributed by atoms with van der Waals surface area (Å²) in [6.07, 6.45) is 3.79. The Morgan fingerprint density at radius 3 is 2.61 bits per heavy atom. The first-order valence-electron chi connectivity index (χ1n) is 6.56. The molecule has 0 bridgehead atoms. The van der Waals surface area contributed by atoms with Crippen molar-refractivity contribution in [3.8, 4) is 0 Å². The maximum absolute atomic E-state index is 11.7. The molecular weight excluding hydrogens is 228 g/mol. The van der Waals surface area contributed by atoms with Crippen LogP contribution in [0.5, 0.6) is 0 Å². The SMILES string of the molecule is CCC(CC)NC(=O)CNCc1cnn(C)c1C. The van der Waals surface area contributed by atoms with Crippen molar-refractivity contribution in [3.05, 3.63) is 17.5 Å². The van der Waals surface area contributed by atoms with Crippen molar-refractivity contribution >= 4 is 5.91 Å². The normalized spacial score (nSPS) is 10.9. The molecule has 0 aliphatic heterocycles. The number of nitrogens with zero attached hydrogens (tertiary/aromatic N) is 2. The van der Waals surface area contributed by atoms with Crippen molar-refractivity contribution in [1.82, 2.24) is 20.4 Å². The lowest BCUT2D eigenvalue weighted by Crippen LogP contribution is -2.39. The van der Waals surface area contributed by atoms with Crippen LogP contribution in [-0.2, 0) is 18.4 Å². The number of carbonyl (C=O) groups excluding carboxylic acids is 1. The van der Waals surface area contributed by atoms with Gasteiger partial charge in [0.1, 0.15) is 0 Å². The third-order valence-electron chi connectivity index (χ3n) is 3.29. The molecule has 0 fully saturated rings. The number of rotatable bonds is 7. The first-order chi connectivity index (χ1) is 8.58. The van der Waals surface area contributed by atoms with Crippen LogP contribution >= 0.6 is 0 Å². The van der Waals surface area contributed by atoms with Crippen LogP contribution in [0.4, 0.5) is 0 Å². The molecule has 0 aliphatic rings. The molecule has 0 radical (unpaired) electrons. The Kier molecular flexibility index (Phi) is 5.85. The standard InChI is InChI=1S/C13H24N4O/c1-5-12(6-2)16-13(18)9-14-7-11-8-15-17(4)10(11)3/h8,12,14H,5-7,9H2,1-4H3,(H,16,18). The van der Waals surface area contributed by atoms with Gasteiger partial charge in [0, 0.05) is 30.9 Å². The molecule has 102 valence electrons. The minimum atomic E-state index is 0.0604. The average Bonchev–Trinajstić information content (AvgIpc) is 2.68. The molecule has 0 unspecified atom stereocenters. The quantitative estimate of drug-likeness (QED) is 0.764. The van der Waals surface area contributed by atoms with Crippen LogP contribution in [0.25, 0.3) is 0 Å². The van der Waals surface area contributed by atoms with Gasteiger partial charge in [-0.3, -0.25) is 9.48 Å². The Morgan fingerprint density at radius 2 is 2.11 bits per heavy atom. The number of nitrogens with one attached hydrogen (secondary N) is 2. The number of hydrogen-bond acceptors (Lipinski definition) is 3. The molecular formula is C13H24N4O. The van der Waals surface area contributed by atoms with Crippen LogP contribution in [0, 0.1) is 6.92 Å². The summed E-state index contributed by atoms with van der Waals surface area (Å²) < 4.78 is 1.83. The highest BCUT2D eigenvalue weighted by Crippen LogP contribution is 2.04. The number of carbonyl (C=O) groups is 1. The zero-order valence-corrected chi connectivity index (χ0v) is 11.8. The number of hydrogen-bond donors (Lipinski definition) is 2. The van der Waals surface area contributed by atoms with Gasteiger partial charge < -0.3 is 10.6 Å². The van der Waals surface area contributed by atoms with Gasteiger partial charge in [-0.2, -0.15) is 5.10 Å². The zero-order valence-electron chi connectivity index (χ0n) is 11.8. The summed E-state index contributed by atoms with van der Waals surface area (Å²) in [5.74, 6) is 0.0604. The molecule has 1 rings (SSSR count). The molecule has 0 aliphatic carbocycles. The number of aromatic nitrogens is 2. The summed E-state index contributed by atoms with van der Waals surface area (Å²) in [4.78, 5) is 11.7. The first-order valence-corrected chi connectivity index (χ1v) is 6.56. The second kappa shape index (κ2) is 7.16. The van der Waals surface area contributed by atoms with Crippen molar-refractivity contribution in [2.75, 3.05) is 6.54 Å². The minimum absolute atomic E-state index is 0.0604. The van der Waals surface area contributed by atoms with Gasteiger partial charge >= 0.3 is 0 Å². The van der Waals surface area contributed by atoms with Crippen molar-refractivity contribution in [2.24, 2.45) is 7.05 Å². The van der Waals surface area contributed by atoms with Crippen molar-refractivity contribution in [2.45, 2.75) is 46.2 Å². The summed E-state index contributed by atoms with van der Waals surface area (Å²) in [6.45, 7) is 7.22. The maximum Gasteiger partial charge on any atom is 0.234 e. The third kappa shape index (κ3) is 4.14. The highest BCUT2D eigenvalue weighted by molar-refractivity contribution is 5.78. The summed E-state index contributed by atoms with van der Waals surface area (Å²) in [5, 5.41) is 10.3. The van der Waals surface area contributed by atoms with E-state index in [0.717, 1.165) is 24.1 Å². The fourth-order valence-corrected chi connectivity index (χ4v) is 1.80. The van der Waals surface area contributed by atoms with Crippen LogP contribution in [-0.4, -0.2) is 28.3 Å². The van der Waals surface area contributed by atoms with Crippen LogP contribution in [0.1, 0.15) is 37.9 Å². The Labute approximate surface area is 109 Å². The van der Waals surface area contributed by atoms with Gasteiger partial charge in [-0.05, 0) is 19.8 Å². The van der Waals surface area contributed by atoms with Gasteiger partial charge in [0.05, 0.1) is 12.7 Å². The highest BCUT2D eigenvalue weighted by Gasteiger charge is 2.08. The van der Waals surface area contributed by atoms with E-state index in [4.69, 9.17) is 0 Å². The summed E-state index contributed by atoms with van der Waals surface area (Å²) in [7, 11) is 1.92. The predicted octanol–water partition coefficient (Wildman–Crippen LogP) is 1.12. The largest absolute Gasteiger partial charge is 0.352 e. The van der Waals surface area contributed by atoms with E-state index in [1.807, 2.05) is 24.9 Å². The molecule has 1 aromatic heterocycles. The van der Waals surface area contributed by atoms with E-state index in [9.17, 15) is 4.79 Å². The monoisotopic (exact) mass is 252 g/mol. The van der Waals surface area contributed by atoms with Gasteiger partial charge in [-0.15, -0.1) is 0 Å². The van der Waals surface area contributed by atoms with E-state index in [1.165, 1.54) is 0 Å². The number of aryl methyl sites for hydroxylation is 1. The van der Waals surface area contributed by atoms with Crippen molar-refractivity contribution in [1.29, 1.82) is 0 Å². The Bertz CT molecular complexity index is 382. The van der Waals surface area contributed by atoms with Gasteiger partial charge in [-0.25, -0.2) is 0 Å². The molecule has 0 saturated heterocycles. The lowest BCUT2D eigenvalue weighted by Gasteiger charge is -2.14. The molecule has 1 aromatic rings. The Hall–Kier alpha value is -1.36. The predicted molar refractivity (Wildman–Crippen MR) is 72.2 cm³/mol. The summed E-state index contributed by atoms with van der Waals surface area (Å²) >= 11 is 0. The van der Waals surface area contributed by atoms with Crippen LogP contribution in [0.15, 0.2) is 6.20 Å².